The molecule has 2 aliphatic heterocycles. The molecule has 1 spiro atoms. The SMILES string of the molecule is CC(=O)Oc1ccc2c3c1OC1C(N(CC(C)C)C(=O)/C=C/c4cc(Br)cs4)CC[C@@]4(OC(C)=O)[C@@H](C2)N(CCc2ccccc2)CC[C@]314. The van der Waals surface area contributed by atoms with Gasteiger partial charge in [0.2, 0.25) is 5.91 Å². The summed E-state index contributed by atoms with van der Waals surface area (Å²) in [7, 11) is 0. The number of halogens is 1. The predicted octanol–water partition coefficient (Wildman–Crippen LogP) is 6.97. The lowest BCUT2D eigenvalue weighted by atomic mass is 9.48. The molecule has 1 aromatic heterocycles. The van der Waals surface area contributed by atoms with Crippen molar-refractivity contribution in [2.24, 2.45) is 5.92 Å². The minimum absolute atomic E-state index is 0.0766. The maximum atomic E-state index is 14.2. The number of likely N-dealkylation sites (tertiary alicyclic amines) is 1. The van der Waals surface area contributed by atoms with E-state index in [0.29, 0.717) is 43.7 Å². The first kappa shape index (κ1) is 34.0. The normalized spacial score (nSPS) is 26.7. The van der Waals surface area contributed by atoms with Crippen LogP contribution >= 0.6 is 27.3 Å². The van der Waals surface area contributed by atoms with Gasteiger partial charge in [-0.3, -0.25) is 19.3 Å². The third kappa shape index (κ3) is 5.93. The molecular weight excluding hydrogens is 704 g/mol. The summed E-state index contributed by atoms with van der Waals surface area (Å²) >= 11 is 5.08. The van der Waals surface area contributed by atoms with Crippen LogP contribution in [0.1, 0.15) is 68.5 Å². The Labute approximate surface area is 300 Å². The minimum Gasteiger partial charge on any atom is -0.483 e. The number of esters is 2. The van der Waals surface area contributed by atoms with Crippen LogP contribution in [-0.2, 0) is 37.4 Å². The van der Waals surface area contributed by atoms with E-state index in [4.69, 9.17) is 14.2 Å². The van der Waals surface area contributed by atoms with Crippen molar-refractivity contribution in [3.05, 3.63) is 86.0 Å². The highest BCUT2D eigenvalue weighted by Gasteiger charge is 2.75. The third-order valence-corrected chi connectivity index (χ3v) is 12.5. The quantitative estimate of drug-likeness (QED) is 0.126. The molecule has 2 fully saturated rings. The zero-order valence-electron chi connectivity index (χ0n) is 28.4. The Morgan fingerprint density at radius 1 is 1.12 bits per heavy atom. The van der Waals surface area contributed by atoms with Gasteiger partial charge in [-0.25, -0.2) is 0 Å². The molecule has 1 saturated carbocycles. The number of nitrogens with zero attached hydrogens (tertiary/aromatic N) is 2. The largest absolute Gasteiger partial charge is 0.483 e. The summed E-state index contributed by atoms with van der Waals surface area (Å²) in [6.45, 7) is 9.29. The van der Waals surface area contributed by atoms with E-state index in [9.17, 15) is 14.4 Å². The molecule has 1 amide bonds. The van der Waals surface area contributed by atoms with Crippen molar-refractivity contribution in [2.45, 2.75) is 89.0 Å². The highest BCUT2D eigenvalue weighted by molar-refractivity contribution is 9.10. The van der Waals surface area contributed by atoms with Gasteiger partial charge in [0.25, 0.3) is 0 Å². The lowest BCUT2D eigenvalue weighted by Crippen LogP contribution is -2.79. The molecule has 49 heavy (non-hydrogen) atoms. The van der Waals surface area contributed by atoms with E-state index in [0.717, 1.165) is 40.0 Å². The molecule has 2 unspecified atom stereocenters. The van der Waals surface area contributed by atoms with Crippen LogP contribution in [-0.4, -0.2) is 71.1 Å². The second-order valence-electron chi connectivity index (χ2n) is 14.2. The number of piperidine rings is 1. The molecule has 2 bridgehead atoms. The topological polar surface area (TPSA) is 85.4 Å². The number of thiophene rings is 1. The number of carbonyl (C=O) groups is 3. The molecule has 0 N–H and O–H groups in total. The van der Waals surface area contributed by atoms with E-state index in [1.807, 2.05) is 34.6 Å². The summed E-state index contributed by atoms with van der Waals surface area (Å²) in [5.41, 5.74) is 1.76. The lowest BCUT2D eigenvalue weighted by Gasteiger charge is -2.65. The molecular formula is C39H43BrN2O6S. The van der Waals surface area contributed by atoms with Gasteiger partial charge in [0.05, 0.1) is 17.5 Å². The van der Waals surface area contributed by atoms with Crippen molar-refractivity contribution < 1.29 is 28.6 Å². The Morgan fingerprint density at radius 3 is 2.61 bits per heavy atom. The molecule has 1 saturated heterocycles. The summed E-state index contributed by atoms with van der Waals surface area (Å²) in [5, 5.41) is 2.00. The maximum Gasteiger partial charge on any atom is 0.308 e. The van der Waals surface area contributed by atoms with Crippen molar-refractivity contribution in [2.75, 3.05) is 19.6 Å². The summed E-state index contributed by atoms with van der Waals surface area (Å²) in [5.74, 6) is 0.308. The summed E-state index contributed by atoms with van der Waals surface area (Å²) in [6.07, 6.45) is 6.47. The van der Waals surface area contributed by atoms with Crippen molar-refractivity contribution in [3.8, 4) is 11.5 Å². The standard InChI is InChI=1S/C39H43BrN2O6S/c1-24(2)22-42(34(45)13-11-30-21-29(40)23-49-30)31-14-16-39(48-26(4)44)33-20-28-10-12-32(46-25(3)43)36-35(28)38(39,37(31)47-36)17-19-41(33)18-15-27-8-6-5-7-9-27/h5-13,21,23-24,31,33,37H,14-20,22H2,1-4H3/b13-11+/t31?,33-,37?,38+,39-/m1/s1. The maximum absolute atomic E-state index is 14.2. The van der Waals surface area contributed by atoms with Crippen LogP contribution in [0.15, 0.2) is 64.5 Å². The number of rotatable bonds is 10. The predicted molar refractivity (Wildman–Crippen MR) is 193 cm³/mol. The monoisotopic (exact) mass is 746 g/mol. The van der Waals surface area contributed by atoms with Gasteiger partial charge >= 0.3 is 11.9 Å². The molecule has 10 heteroatoms. The average Bonchev–Trinajstić information content (AvgIpc) is 3.64. The van der Waals surface area contributed by atoms with Crippen LogP contribution < -0.4 is 9.47 Å². The number of carbonyl (C=O) groups excluding carboxylic acids is 3. The molecule has 3 aromatic rings. The molecule has 2 aromatic carbocycles. The van der Waals surface area contributed by atoms with Crippen molar-refractivity contribution >= 4 is 51.2 Å². The zero-order valence-corrected chi connectivity index (χ0v) is 30.8. The fourth-order valence-electron chi connectivity index (χ4n) is 9.22. The van der Waals surface area contributed by atoms with Gasteiger partial charge in [0.1, 0.15) is 11.7 Å². The second kappa shape index (κ2) is 13.3. The van der Waals surface area contributed by atoms with Gasteiger partial charge in [-0.1, -0.05) is 50.2 Å². The van der Waals surface area contributed by atoms with Gasteiger partial charge in [-0.2, -0.15) is 0 Å². The van der Waals surface area contributed by atoms with Gasteiger partial charge in [0.15, 0.2) is 11.5 Å². The average molecular weight is 748 g/mol. The summed E-state index contributed by atoms with van der Waals surface area (Å²) < 4.78 is 20.5. The first-order valence-corrected chi connectivity index (χ1v) is 18.9. The minimum atomic E-state index is -0.881. The number of hydrogen-bond acceptors (Lipinski definition) is 8. The number of ether oxygens (including phenoxy) is 3. The van der Waals surface area contributed by atoms with Crippen LogP contribution in [0.25, 0.3) is 6.08 Å². The number of hydrogen-bond donors (Lipinski definition) is 0. The molecule has 8 nitrogen and oxygen atoms in total. The third-order valence-electron chi connectivity index (χ3n) is 10.8. The number of amides is 1. The van der Waals surface area contributed by atoms with Crippen molar-refractivity contribution in [1.29, 1.82) is 0 Å². The Bertz CT molecular complexity index is 1790. The fraction of sp³-hybridized carbons (Fsp3) is 0.462. The summed E-state index contributed by atoms with van der Waals surface area (Å²) in [4.78, 5) is 45.2. The molecule has 0 radical (unpaired) electrons. The van der Waals surface area contributed by atoms with E-state index < -0.39 is 23.1 Å². The van der Waals surface area contributed by atoms with Crippen LogP contribution in [0.2, 0.25) is 0 Å². The van der Waals surface area contributed by atoms with E-state index >= 15 is 0 Å². The Kier molecular flexibility index (Phi) is 9.26. The fourth-order valence-corrected chi connectivity index (χ4v) is 10.6. The summed E-state index contributed by atoms with van der Waals surface area (Å²) in [6, 6.07) is 16.0. The van der Waals surface area contributed by atoms with Crippen LogP contribution in [0.5, 0.6) is 11.5 Å². The smallest absolute Gasteiger partial charge is 0.308 e. The van der Waals surface area contributed by atoms with Gasteiger partial charge in [-0.15, -0.1) is 11.3 Å². The van der Waals surface area contributed by atoms with Crippen LogP contribution in [0.4, 0.5) is 0 Å². The Hall–Kier alpha value is -3.47. The zero-order chi connectivity index (χ0) is 34.5. The Morgan fingerprint density at radius 2 is 1.92 bits per heavy atom. The Balaban J connectivity index is 1.34. The molecule has 5 atom stereocenters. The van der Waals surface area contributed by atoms with Crippen LogP contribution in [0, 0.1) is 5.92 Å². The number of benzene rings is 2. The van der Waals surface area contributed by atoms with Gasteiger partial charge in [0, 0.05) is 53.3 Å². The van der Waals surface area contributed by atoms with Gasteiger partial charge in [-0.05, 0) is 89.8 Å². The van der Waals surface area contributed by atoms with Crippen LogP contribution in [0.3, 0.4) is 0 Å². The molecule has 2 aliphatic carbocycles. The van der Waals surface area contributed by atoms with E-state index in [1.54, 1.807) is 17.4 Å². The van der Waals surface area contributed by atoms with E-state index in [2.05, 4.69) is 65.0 Å². The second-order valence-corrected chi connectivity index (χ2v) is 16.1. The van der Waals surface area contributed by atoms with Crippen molar-refractivity contribution in [3.63, 3.8) is 0 Å². The first-order chi connectivity index (χ1) is 23.5. The molecule has 258 valence electrons. The van der Waals surface area contributed by atoms with Gasteiger partial charge < -0.3 is 19.1 Å². The van der Waals surface area contributed by atoms with E-state index in [-0.39, 0.29) is 29.9 Å². The molecule has 4 aliphatic rings. The first-order valence-electron chi connectivity index (χ1n) is 17.2. The molecule has 3 heterocycles. The highest BCUT2D eigenvalue weighted by atomic mass is 79.9. The highest BCUT2D eigenvalue weighted by Crippen LogP contribution is 2.67. The lowest BCUT2D eigenvalue weighted by molar-refractivity contribution is -0.224. The van der Waals surface area contributed by atoms with Crippen molar-refractivity contribution in [1.82, 2.24) is 9.80 Å². The molecule has 7 rings (SSSR count). The van der Waals surface area contributed by atoms with E-state index in [1.165, 1.54) is 19.4 Å².